The maximum atomic E-state index is 13.6. The molecule has 0 aliphatic carbocycles. The van der Waals surface area contributed by atoms with Gasteiger partial charge in [0.25, 0.3) is 0 Å². The monoisotopic (exact) mass is 513 g/mol. The Morgan fingerprint density at radius 2 is 1.32 bits per heavy atom. The predicted molar refractivity (Wildman–Crippen MR) is 131 cm³/mol. The Balaban J connectivity index is 1.57. The molecule has 3 aromatic carbocycles. The minimum atomic E-state index is -5.02. The van der Waals surface area contributed by atoms with Gasteiger partial charge in [-0.05, 0) is 42.5 Å². The number of anilines is 5. The molecule has 5 aromatic rings. The summed E-state index contributed by atoms with van der Waals surface area (Å²) in [4.78, 5) is 8.46. The molecule has 0 fully saturated rings. The van der Waals surface area contributed by atoms with E-state index >= 15 is 0 Å². The fourth-order valence-corrected chi connectivity index (χ4v) is 4.06. The third-order valence-corrected chi connectivity index (χ3v) is 5.78. The highest BCUT2D eigenvalue weighted by molar-refractivity contribution is 6.05. The number of fused-ring (bicyclic) bond motifs is 2. The van der Waals surface area contributed by atoms with Crippen molar-refractivity contribution in [3.8, 4) is 0 Å². The fraction of sp³-hybridized carbons (Fsp3) is 0.0769. The summed E-state index contributed by atoms with van der Waals surface area (Å²) in [7, 11) is 0. The van der Waals surface area contributed by atoms with Crippen LogP contribution in [0.15, 0.2) is 79.1 Å². The average Bonchev–Trinajstić information content (AvgIpc) is 2.84. The van der Waals surface area contributed by atoms with Gasteiger partial charge in [-0.3, -0.25) is 4.98 Å². The van der Waals surface area contributed by atoms with Crippen molar-refractivity contribution in [2.75, 3.05) is 16.4 Å². The summed E-state index contributed by atoms with van der Waals surface area (Å²) in [6.45, 7) is 0. The lowest BCUT2D eigenvalue weighted by atomic mass is 10.1. The summed E-state index contributed by atoms with van der Waals surface area (Å²) in [5.41, 5.74) is 5.09. The summed E-state index contributed by atoms with van der Waals surface area (Å²) >= 11 is 0. The predicted octanol–water partition coefficient (Wildman–Crippen LogP) is 7.89. The molecule has 5 rings (SSSR count). The van der Waals surface area contributed by atoms with Gasteiger partial charge in [0, 0.05) is 39.9 Å². The van der Waals surface area contributed by atoms with Crippen LogP contribution in [0.5, 0.6) is 0 Å². The van der Waals surface area contributed by atoms with Gasteiger partial charge in [-0.25, -0.2) is 4.98 Å². The molecule has 0 spiro atoms. The zero-order valence-electron chi connectivity index (χ0n) is 18.7. The van der Waals surface area contributed by atoms with Crippen LogP contribution in [-0.4, -0.2) is 9.97 Å². The SMILES string of the molecule is Nc1cccc2c(Nc3cccc4c(Nc5ccc(C(F)(F)F)cc5C(F)(F)F)nccc34)ccnc12. The van der Waals surface area contributed by atoms with Crippen molar-refractivity contribution in [2.24, 2.45) is 0 Å². The summed E-state index contributed by atoms with van der Waals surface area (Å²) in [5.74, 6) is 0.0511. The van der Waals surface area contributed by atoms with Gasteiger partial charge in [0.2, 0.25) is 0 Å². The van der Waals surface area contributed by atoms with Gasteiger partial charge in [0.15, 0.2) is 0 Å². The molecule has 5 nitrogen and oxygen atoms in total. The lowest BCUT2D eigenvalue weighted by Crippen LogP contribution is -2.13. The van der Waals surface area contributed by atoms with Crippen LogP contribution in [0.2, 0.25) is 0 Å². The number of hydrogen-bond donors (Lipinski definition) is 3. The number of nitrogens with one attached hydrogen (secondary N) is 2. The normalized spacial score (nSPS) is 12.2. The van der Waals surface area contributed by atoms with Crippen LogP contribution in [0.1, 0.15) is 11.1 Å². The molecule has 0 radical (unpaired) electrons. The van der Waals surface area contributed by atoms with Crippen LogP contribution in [0.25, 0.3) is 21.7 Å². The summed E-state index contributed by atoms with van der Waals surface area (Å²) in [6.07, 6.45) is -6.94. The standard InChI is InChI=1S/C26H17F6N5/c27-25(28,29)14-7-8-22(18(13-14)26(30,31)32)37-24-16-3-2-6-20(15(16)9-11-35-24)36-21-10-12-34-23-17(21)4-1-5-19(23)33/h1-13H,33H2,(H,34,36)(H,35,37). The molecule has 37 heavy (non-hydrogen) atoms. The third-order valence-electron chi connectivity index (χ3n) is 5.78. The van der Waals surface area contributed by atoms with E-state index in [1.165, 1.54) is 6.20 Å². The summed E-state index contributed by atoms with van der Waals surface area (Å²) in [6, 6.07) is 15.4. The molecular weight excluding hydrogens is 496 g/mol. The van der Waals surface area contributed by atoms with Crippen molar-refractivity contribution >= 4 is 50.2 Å². The lowest BCUT2D eigenvalue weighted by Gasteiger charge is -2.18. The summed E-state index contributed by atoms with van der Waals surface area (Å²) < 4.78 is 80.1. The minimum Gasteiger partial charge on any atom is -0.397 e. The van der Waals surface area contributed by atoms with E-state index in [0.717, 1.165) is 11.5 Å². The van der Waals surface area contributed by atoms with Gasteiger partial charge >= 0.3 is 12.4 Å². The first-order valence-electron chi connectivity index (χ1n) is 10.9. The summed E-state index contributed by atoms with van der Waals surface area (Å²) in [5, 5.41) is 7.73. The Morgan fingerprint density at radius 1 is 0.622 bits per heavy atom. The molecule has 0 aliphatic rings. The number of hydrogen-bond acceptors (Lipinski definition) is 5. The van der Waals surface area contributed by atoms with E-state index < -0.39 is 29.2 Å². The first-order valence-corrected chi connectivity index (χ1v) is 10.9. The largest absolute Gasteiger partial charge is 0.418 e. The van der Waals surface area contributed by atoms with Crippen molar-refractivity contribution in [3.05, 3.63) is 90.3 Å². The Labute approximate surface area is 206 Å². The van der Waals surface area contributed by atoms with Crippen LogP contribution in [0.4, 0.5) is 54.9 Å². The number of nitrogens with zero attached hydrogens (tertiary/aromatic N) is 2. The van der Waals surface area contributed by atoms with Crippen molar-refractivity contribution in [1.82, 2.24) is 9.97 Å². The first-order chi connectivity index (χ1) is 17.5. The molecule has 0 amide bonds. The van der Waals surface area contributed by atoms with Crippen LogP contribution < -0.4 is 16.4 Å². The number of alkyl halides is 6. The van der Waals surface area contributed by atoms with Crippen molar-refractivity contribution in [2.45, 2.75) is 12.4 Å². The second kappa shape index (κ2) is 8.84. The molecule has 0 saturated heterocycles. The molecular formula is C26H17F6N5. The maximum absolute atomic E-state index is 13.6. The zero-order chi connectivity index (χ0) is 26.4. The second-order valence-electron chi connectivity index (χ2n) is 8.17. The molecule has 11 heteroatoms. The highest BCUT2D eigenvalue weighted by Gasteiger charge is 2.38. The van der Waals surface area contributed by atoms with E-state index in [2.05, 4.69) is 20.6 Å². The maximum Gasteiger partial charge on any atom is 0.418 e. The van der Waals surface area contributed by atoms with Crippen LogP contribution in [0.3, 0.4) is 0 Å². The van der Waals surface area contributed by atoms with E-state index in [-0.39, 0.29) is 11.9 Å². The number of halogens is 6. The van der Waals surface area contributed by atoms with Gasteiger partial charge < -0.3 is 16.4 Å². The van der Waals surface area contributed by atoms with E-state index in [1.807, 2.05) is 6.07 Å². The van der Waals surface area contributed by atoms with E-state index in [4.69, 9.17) is 5.73 Å². The number of aromatic nitrogens is 2. The van der Waals surface area contributed by atoms with Crippen molar-refractivity contribution < 1.29 is 26.3 Å². The Bertz CT molecular complexity index is 1630. The number of rotatable bonds is 4. The fourth-order valence-electron chi connectivity index (χ4n) is 4.06. The topological polar surface area (TPSA) is 75.9 Å². The molecule has 188 valence electrons. The molecule has 0 atom stereocenters. The number of para-hydroxylation sites is 1. The van der Waals surface area contributed by atoms with E-state index in [9.17, 15) is 26.3 Å². The van der Waals surface area contributed by atoms with E-state index in [0.29, 0.717) is 39.4 Å². The number of pyridine rings is 2. The van der Waals surface area contributed by atoms with E-state index in [1.54, 1.807) is 48.7 Å². The van der Waals surface area contributed by atoms with Gasteiger partial charge in [-0.15, -0.1) is 0 Å². The highest BCUT2D eigenvalue weighted by atomic mass is 19.4. The molecule has 2 heterocycles. The zero-order valence-corrected chi connectivity index (χ0v) is 18.7. The quantitative estimate of drug-likeness (QED) is 0.168. The van der Waals surface area contributed by atoms with Gasteiger partial charge in [0.05, 0.1) is 28.0 Å². The highest BCUT2D eigenvalue weighted by Crippen LogP contribution is 2.41. The Hall–Kier alpha value is -4.54. The average molecular weight is 513 g/mol. The molecule has 4 N–H and O–H groups in total. The van der Waals surface area contributed by atoms with Crippen molar-refractivity contribution in [1.29, 1.82) is 0 Å². The molecule has 0 aliphatic heterocycles. The number of nitrogens with two attached hydrogens (primary N) is 1. The molecule has 0 bridgehead atoms. The van der Waals surface area contributed by atoms with Gasteiger partial charge in [-0.2, -0.15) is 26.3 Å². The van der Waals surface area contributed by atoms with Crippen molar-refractivity contribution in [3.63, 3.8) is 0 Å². The lowest BCUT2D eigenvalue weighted by molar-refractivity contribution is -0.142. The first kappa shape index (κ1) is 24.2. The second-order valence-corrected chi connectivity index (χ2v) is 8.17. The minimum absolute atomic E-state index is 0.0511. The molecule has 0 unspecified atom stereocenters. The van der Waals surface area contributed by atoms with Gasteiger partial charge in [0.1, 0.15) is 5.82 Å². The third kappa shape index (κ3) is 4.67. The Morgan fingerprint density at radius 3 is 2.08 bits per heavy atom. The van der Waals surface area contributed by atoms with Gasteiger partial charge in [-0.1, -0.05) is 24.3 Å². The number of nitrogen functional groups attached to an aromatic ring is 1. The van der Waals surface area contributed by atoms with Crippen LogP contribution in [-0.2, 0) is 12.4 Å². The van der Waals surface area contributed by atoms with Crippen LogP contribution in [0, 0.1) is 0 Å². The smallest absolute Gasteiger partial charge is 0.397 e. The number of benzene rings is 3. The molecule has 0 saturated carbocycles. The Kier molecular flexibility index (Phi) is 5.77. The molecule has 2 aromatic heterocycles. The van der Waals surface area contributed by atoms with Crippen LogP contribution >= 0.6 is 0 Å².